The molecule has 0 bridgehead atoms. The van der Waals surface area contributed by atoms with Crippen molar-refractivity contribution in [3.05, 3.63) is 48.7 Å². The number of fused-ring (bicyclic) bond motifs is 3. The van der Waals surface area contributed by atoms with Crippen LogP contribution >= 0.6 is 0 Å². The van der Waals surface area contributed by atoms with E-state index in [-0.39, 0.29) is 0 Å². The predicted molar refractivity (Wildman–Crippen MR) is 111 cm³/mol. The number of methoxy groups -OCH3 is 1. The van der Waals surface area contributed by atoms with E-state index in [0.29, 0.717) is 0 Å². The first-order chi connectivity index (χ1) is 13.8. The van der Waals surface area contributed by atoms with Crippen LogP contribution in [0.15, 0.2) is 48.7 Å². The lowest BCUT2D eigenvalue weighted by molar-refractivity contribution is 0.122. The van der Waals surface area contributed by atoms with E-state index in [4.69, 9.17) is 14.5 Å². The molecule has 4 aromatic rings. The van der Waals surface area contributed by atoms with Crippen LogP contribution in [0.3, 0.4) is 0 Å². The van der Waals surface area contributed by atoms with Crippen LogP contribution in [0.2, 0.25) is 0 Å². The van der Waals surface area contributed by atoms with E-state index in [1.54, 1.807) is 7.11 Å². The molecule has 28 heavy (non-hydrogen) atoms. The molecule has 0 spiro atoms. The molecule has 7 nitrogen and oxygen atoms in total. The van der Waals surface area contributed by atoms with Gasteiger partial charge in [0.15, 0.2) is 5.82 Å². The van der Waals surface area contributed by atoms with Crippen LogP contribution in [0.1, 0.15) is 0 Å². The first-order valence-electron chi connectivity index (χ1n) is 9.33. The molecule has 7 heteroatoms. The normalized spacial score (nSPS) is 14.5. The van der Waals surface area contributed by atoms with Crippen LogP contribution in [0.5, 0.6) is 5.75 Å². The number of aromatic amines is 1. The number of benzene rings is 2. The maximum atomic E-state index is 5.50. The third-order valence-electron chi connectivity index (χ3n) is 5.12. The lowest BCUT2D eigenvalue weighted by Crippen LogP contribution is -2.36. The highest BCUT2D eigenvalue weighted by atomic mass is 16.5. The summed E-state index contributed by atoms with van der Waals surface area (Å²) in [5.41, 5.74) is 3.85. The Hall–Kier alpha value is -3.32. The maximum Gasteiger partial charge on any atom is 0.157 e. The second-order valence-corrected chi connectivity index (χ2v) is 6.75. The summed E-state index contributed by atoms with van der Waals surface area (Å²) in [6.45, 7) is 3.41. The number of H-pyrrole nitrogens is 1. The molecule has 0 radical (unpaired) electrons. The minimum atomic E-state index is 0.726. The zero-order valence-electron chi connectivity index (χ0n) is 15.6. The van der Waals surface area contributed by atoms with Crippen molar-refractivity contribution < 1.29 is 9.47 Å². The molecule has 3 heterocycles. The van der Waals surface area contributed by atoms with Crippen molar-refractivity contribution in [3.8, 4) is 5.75 Å². The van der Waals surface area contributed by atoms with Crippen molar-refractivity contribution in [3.63, 3.8) is 0 Å². The van der Waals surface area contributed by atoms with E-state index < -0.39 is 0 Å². The number of ether oxygens (including phenoxy) is 2. The number of anilines is 3. The van der Waals surface area contributed by atoms with E-state index in [0.717, 1.165) is 65.4 Å². The molecule has 2 N–H and O–H groups in total. The van der Waals surface area contributed by atoms with Crippen LogP contribution in [0.25, 0.3) is 21.8 Å². The van der Waals surface area contributed by atoms with Gasteiger partial charge in [0.2, 0.25) is 0 Å². The lowest BCUT2D eigenvalue weighted by Gasteiger charge is -2.28. The fourth-order valence-corrected chi connectivity index (χ4v) is 3.66. The third kappa shape index (κ3) is 2.90. The summed E-state index contributed by atoms with van der Waals surface area (Å²) < 4.78 is 10.9. The summed E-state index contributed by atoms with van der Waals surface area (Å²) in [4.78, 5) is 7.15. The summed E-state index contributed by atoms with van der Waals surface area (Å²) in [5.74, 6) is 1.47. The molecule has 1 aliphatic heterocycles. The number of nitrogens with one attached hydrogen (secondary N) is 2. The van der Waals surface area contributed by atoms with Gasteiger partial charge in [-0.1, -0.05) is 12.1 Å². The zero-order chi connectivity index (χ0) is 18.9. The Bertz CT molecular complexity index is 1120. The average Bonchev–Trinajstić information content (AvgIpc) is 3.25. The first-order valence-corrected chi connectivity index (χ1v) is 9.33. The van der Waals surface area contributed by atoms with Gasteiger partial charge in [-0.3, -0.25) is 5.10 Å². The molecule has 5 rings (SSSR count). The highest BCUT2D eigenvalue weighted by molar-refractivity contribution is 6.10. The molecule has 0 amide bonds. The number of morpholine rings is 1. The van der Waals surface area contributed by atoms with Gasteiger partial charge in [0.25, 0.3) is 0 Å². The molecule has 2 aromatic heterocycles. The Balaban J connectivity index is 1.51. The van der Waals surface area contributed by atoms with Gasteiger partial charge in [-0.15, -0.1) is 0 Å². The van der Waals surface area contributed by atoms with E-state index >= 15 is 0 Å². The monoisotopic (exact) mass is 375 g/mol. The fourth-order valence-electron chi connectivity index (χ4n) is 3.66. The van der Waals surface area contributed by atoms with Gasteiger partial charge in [-0.05, 0) is 30.3 Å². The van der Waals surface area contributed by atoms with Crippen LogP contribution in [-0.2, 0) is 4.74 Å². The second-order valence-electron chi connectivity index (χ2n) is 6.75. The van der Waals surface area contributed by atoms with Crippen LogP contribution in [0.4, 0.5) is 17.2 Å². The summed E-state index contributed by atoms with van der Waals surface area (Å²) in [7, 11) is 1.66. The summed E-state index contributed by atoms with van der Waals surface area (Å²) >= 11 is 0. The highest BCUT2D eigenvalue weighted by Crippen LogP contribution is 2.34. The SMILES string of the molecule is COc1cccc2c1nc(Nc1ccc(N3CCOCC3)cc1)c1[nH]ncc12. The van der Waals surface area contributed by atoms with E-state index in [1.807, 2.05) is 24.4 Å². The molecule has 1 saturated heterocycles. The van der Waals surface area contributed by atoms with Crippen molar-refractivity contribution in [2.45, 2.75) is 0 Å². The molecule has 0 aliphatic carbocycles. The number of nitrogens with zero attached hydrogens (tertiary/aromatic N) is 3. The van der Waals surface area contributed by atoms with Gasteiger partial charge in [-0.2, -0.15) is 5.10 Å². The Kier molecular flexibility index (Phi) is 4.21. The lowest BCUT2D eigenvalue weighted by atomic mass is 10.1. The molecule has 0 saturated carbocycles. The van der Waals surface area contributed by atoms with Crippen LogP contribution in [-0.4, -0.2) is 48.6 Å². The second kappa shape index (κ2) is 7.01. The number of pyridine rings is 1. The maximum absolute atomic E-state index is 5.50. The van der Waals surface area contributed by atoms with Gasteiger partial charge < -0.3 is 19.7 Å². The van der Waals surface area contributed by atoms with Crippen molar-refractivity contribution in [2.75, 3.05) is 43.6 Å². The Morgan fingerprint density at radius 3 is 2.68 bits per heavy atom. The molecule has 0 atom stereocenters. The summed E-state index contributed by atoms with van der Waals surface area (Å²) in [5, 5.41) is 12.7. The summed E-state index contributed by atoms with van der Waals surface area (Å²) in [6.07, 6.45) is 1.82. The quantitative estimate of drug-likeness (QED) is 0.566. The van der Waals surface area contributed by atoms with Gasteiger partial charge >= 0.3 is 0 Å². The van der Waals surface area contributed by atoms with Gasteiger partial charge in [0, 0.05) is 35.2 Å². The van der Waals surface area contributed by atoms with Crippen molar-refractivity contribution in [2.24, 2.45) is 0 Å². The predicted octanol–water partition coefficient (Wildman–Crippen LogP) is 3.70. The summed E-state index contributed by atoms with van der Waals surface area (Å²) in [6, 6.07) is 14.3. The minimum absolute atomic E-state index is 0.726. The number of rotatable bonds is 4. The molecular formula is C21H21N5O2. The third-order valence-corrected chi connectivity index (χ3v) is 5.12. The van der Waals surface area contributed by atoms with Crippen molar-refractivity contribution >= 4 is 39.0 Å². The zero-order valence-corrected chi connectivity index (χ0v) is 15.6. The van der Waals surface area contributed by atoms with Gasteiger partial charge in [-0.25, -0.2) is 4.98 Å². The largest absolute Gasteiger partial charge is 0.494 e. The Labute approximate surface area is 162 Å². The molecule has 2 aromatic carbocycles. The fraction of sp³-hybridized carbons (Fsp3) is 0.238. The van der Waals surface area contributed by atoms with Crippen molar-refractivity contribution in [1.82, 2.24) is 15.2 Å². The number of hydrogen-bond acceptors (Lipinski definition) is 6. The standard InChI is InChI=1S/C21H21N5O2/c1-27-18-4-2-3-16-17-13-22-25-20(17)21(24-19(16)18)23-14-5-7-15(8-6-14)26-9-11-28-12-10-26/h2-8,13H,9-12H2,1H3,(H,22,25)(H,23,24). The number of para-hydroxylation sites is 1. The van der Waals surface area contributed by atoms with Gasteiger partial charge in [0.1, 0.15) is 16.8 Å². The van der Waals surface area contributed by atoms with Gasteiger partial charge in [0.05, 0.1) is 26.5 Å². The minimum Gasteiger partial charge on any atom is -0.494 e. The smallest absolute Gasteiger partial charge is 0.157 e. The molecule has 1 aliphatic rings. The number of hydrogen-bond donors (Lipinski definition) is 2. The van der Waals surface area contributed by atoms with Crippen molar-refractivity contribution in [1.29, 1.82) is 0 Å². The van der Waals surface area contributed by atoms with E-state index in [2.05, 4.69) is 44.7 Å². The van der Waals surface area contributed by atoms with Crippen LogP contribution in [0, 0.1) is 0 Å². The molecule has 0 unspecified atom stereocenters. The van der Waals surface area contributed by atoms with Crippen LogP contribution < -0.4 is 15.0 Å². The Morgan fingerprint density at radius 2 is 1.89 bits per heavy atom. The Morgan fingerprint density at radius 1 is 1.07 bits per heavy atom. The molecule has 142 valence electrons. The first kappa shape index (κ1) is 16.8. The average molecular weight is 375 g/mol. The number of aromatic nitrogens is 3. The topological polar surface area (TPSA) is 75.3 Å². The highest BCUT2D eigenvalue weighted by Gasteiger charge is 2.14. The molecule has 1 fully saturated rings. The molecular weight excluding hydrogens is 354 g/mol. The van der Waals surface area contributed by atoms with E-state index in [9.17, 15) is 0 Å². The van der Waals surface area contributed by atoms with E-state index in [1.165, 1.54) is 5.69 Å².